The summed E-state index contributed by atoms with van der Waals surface area (Å²) in [5.41, 5.74) is 0. The molecule has 1 aliphatic heterocycles. The molecule has 82 valence electrons. The van der Waals surface area contributed by atoms with Crippen molar-refractivity contribution < 1.29 is 4.79 Å². The van der Waals surface area contributed by atoms with Gasteiger partial charge in [0.15, 0.2) is 0 Å². The molecular formula is C10H21N3O. The van der Waals surface area contributed by atoms with E-state index in [0.717, 1.165) is 13.1 Å². The zero-order valence-corrected chi connectivity index (χ0v) is 9.10. The molecule has 0 aliphatic carbocycles. The van der Waals surface area contributed by atoms with E-state index in [9.17, 15) is 4.79 Å². The van der Waals surface area contributed by atoms with Crippen LogP contribution in [0.3, 0.4) is 0 Å². The molecule has 1 fully saturated rings. The van der Waals surface area contributed by atoms with Gasteiger partial charge in [-0.3, -0.25) is 4.79 Å². The van der Waals surface area contributed by atoms with Crippen LogP contribution in [0.2, 0.25) is 0 Å². The van der Waals surface area contributed by atoms with E-state index in [-0.39, 0.29) is 11.9 Å². The summed E-state index contributed by atoms with van der Waals surface area (Å²) in [4.78, 5) is 11.3. The fourth-order valence-corrected chi connectivity index (χ4v) is 1.64. The minimum Gasteiger partial charge on any atom is -0.353 e. The Labute approximate surface area is 85.8 Å². The second kappa shape index (κ2) is 5.98. The Kier molecular flexibility index (Phi) is 4.90. The fourth-order valence-electron chi connectivity index (χ4n) is 1.64. The molecule has 0 aromatic carbocycles. The summed E-state index contributed by atoms with van der Waals surface area (Å²) in [7, 11) is 0. The van der Waals surface area contributed by atoms with Crippen LogP contribution in [0.5, 0.6) is 0 Å². The Balaban J connectivity index is 2.09. The lowest BCUT2D eigenvalue weighted by atomic mass is 10.1. The van der Waals surface area contributed by atoms with Crippen molar-refractivity contribution in [2.45, 2.75) is 38.8 Å². The molecule has 0 aromatic rings. The predicted molar refractivity (Wildman–Crippen MR) is 57.2 cm³/mol. The first-order valence-corrected chi connectivity index (χ1v) is 5.42. The van der Waals surface area contributed by atoms with Gasteiger partial charge in [0.05, 0.1) is 6.54 Å². The van der Waals surface area contributed by atoms with Gasteiger partial charge in [-0.2, -0.15) is 0 Å². The number of amides is 1. The Bertz CT molecular complexity index is 176. The van der Waals surface area contributed by atoms with E-state index in [1.54, 1.807) is 0 Å². The van der Waals surface area contributed by atoms with Crippen molar-refractivity contribution >= 4 is 5.91 Å². The predicted octanol–water partition coefficient (Wildman–Crippen LogP) is -0.147. The van der Waals surface area contributed by atoms with Gasteiger partial charge in [-0.25, -0.2) is 0 Å². The van der Waals surface area contributed by atoms with Gasteiger partial charge in [-0.15, -0.1) is 0 Å². The molecule has 3 N–H and O–H groups in total. The van der Waals surface area contributed by atoms with Crippen molar-refractivity contribution in [2.75, 3.05) is 19.6 Å². The molecule has 4 heteroatoms. The van der Waals surface area contributed by atoms with Crippen molar-refractivity contribution in [2.24, 2.45) is 0 Å². The maximum Gasteiger partial charge on any atom is 0.234 e. The van der Waals surface area contributed by atoms with Crippen LogP contribution in [0.1, 0.15) is 26.7 Å². The average molecular weight is 199 g/mol. The molecular weight excluding hydrogens is 178 g/mol. The van der Waals surface area contributed by atoms with Crippen molar-refractivity contribution in [1.29, 1.82) is 0 Å². The van der Waals surface area contributed by atoms with Gasteiger partial charge in [0.25, 0.3) is 0 Å². The molecule has 4 nitrogen and oxygen atoms in total. The molecule has 14 heavy (non-hydrogen) atoms. The van der Waals surface area contributed by atoms with Gasteiger partial charge in [0.2, 0.25) is 5.91 Å². The maximum absolute atomic E-state index is 11.3. The minimum atomic E-state index is 0.0885. The standard InChI is InChI=1S/C10H21N3O/c1-8(2)13-10(14)7-12-9-4-3-5-11-6-9/h8-9,11-12H,3-7H2,1-2H3,(H,13,14). The van der Waals surface area contributed by atoms with Gasteiger partial charge in [-0.05, 0) is 33.2 Å². The molecule has 1 saturated heterocycles. The Morgan fingerprint density at radius 2 is 2.36 bits per heavy atom. The van der Waals surface area contributed by atoms with Gasteiger partial charge in [0, 0.05) is 18.6 Å². The Morgan fingerprint density at radius 3 is 2.93 bits per heavy atom. The second-order valence-electron chi connectivity index (χ2n) is 4.15. The topological polar surface area (TPSA) is 53.2 Å². The van der Waals surface area contributed by atoms with E-state index in [1.165, 1.54) is 12.8 Å². The zero-order valence-electron chi connectivity index (χ0n) is 9.10. The highest BCUT2D eigenvalue weighted by Crippen LogP contribution is 2.00. The van der Waals surface area contributed by atoms with Gasteiger partial charge in [0.1, 0.15) is 0 Å². The van der Waals surface area contributed by atoms with Crippen LogP contribution >= 0.6 is 0 Å². The molecule has 1 rings (SSSR count). The Morgan fingerprint density at radius 1 is 1.57 bits per heavy atom. The van der Waals surface area contributed by atoms with Crippen LogP contribution in [0.15, 0.2) is 0 Å². The van der Waals surface area contributed by atoms with Crippen LogP contribution in [0, 0.1) is 0 Å². The third kappa shape index (κ3) is 4.58. The first-order chi connectivity index (χ1) is 6.68. The van der Waals surface area contributed by atoms with Crippen molar-refractivity contribution in [3.8, 4) is 0 Å². The number of hydrogen-bond acceptors (Lipinski definition) is 3. The number of hydrogen-bond donors (Lipinski definition) is 3. The summed E-state index contributed by atoms with van der Waals surface area (Å²) < 4.78 is 0. The summed E-state index contributed by atoms with van der Waals surface area (Å²) in [5, 5.41) is 9.42. The van der Waals surface area contributed by atoms with Crippen LogP contribution < -0.4 is 16.0 Å². The monoisotopic (exact) mass is 199 g/mol. The number of rotatable bonds is 4. The van der Waals surface area contributed by atoms with Crippen molar-refractivity contribution in [3.63, 3.8) is 0 Å². The van der Waals surface area contributed by atoms with E-state index in [2.05, 4.69) is 16.0 Å². The van der Waals surface area contributed by atoms with Gasteiger partial charge < -0.3 is 16.0 Å². The summed E-state index contributed by atoms with van der Waals surface area (Å²) in [6.45, 7) is 6.47. The van der Waals surface area contributed by atoms with E-state index < -0.39 is 0 Å². The third-order valence-corrected chi connectivity index (χ3v) is 2.30. The van der Waals surface area contributed by atoms with E-state index >= 15 is 0 Å². The lowest BCUT2D eigenvalue weighted by molar-refractivity contribution is -0.120. The summed E-state index contributed by atoms with van der Waals surface area (Å²) >= 11 is 0. The van der Waals surface area contributed by atoms with Crippen molar-refractivity contribution in [1.82, 2.24) is 16.0 Å². The maximum atomic E-state index is 11.3. The first kappa shape index (κ1) is 11.5. The number of carbonyl (C=O) groups is 1. The van der Waals surface area contributed by atoms with Crippen LogP contribution in [0.4, 0.5) is 0 Å². The van der Waals surface area contributed by atoms with Crippen LogP contribution in [0.25, 0.3) is 0 Å². The fraction of sp³-hybridized carbons (Fsp3) is 0.900. The first-order valence-electron chi connectivity index (χ1n) is 5.42. The zero-order chi connectivity index (χ0) is 10.4. The van der Waals surface area contributed by atoms with E-state index in [0.29, 0.717) is 12.6 Å². The number of carbonyl (C=O) groups excluding carboxylic acids is 1. The SMILES string of the molecule is CC(C)NC(=O)CNC1CCCNC1. The smallest absolute Gasteiger partial charge is 0.234 e. The summed E-state index contributed by atoms with van der Waals surface area (Å²) in [6.07, 6.45) is 2.37. The quantitative estimate of drug-likeness (QED) is 0.590. The van der Waals surface area contributed by atoms with Crippen LogP contribution in [-0.4, -0.2) is 37.6 Å². The highest BCUT2D eigenvalue weighted by Gasteiger charge is 2.13. The molecule has 0 aromatic heterocycles. The number of piperidine rings is 1. The highest BCUT2D eigenvalue weighted by molar-refractivity contribution is 5.78. The molecule has 1 aliphatic rings. The summed E-state index contributed by atoms with van der Waals surface area (Å²) in [6, 6.07) is 0.690. The third-order valence-electron chi connectivity index (χ3n) is 2.30. The molecule has 0 spiro atoms. The largest absolute Gasteiger partial charge is 0.353 e. The van der Waals surface area contributed by atoms with Crippen molar-refractivity contribution in [3.05, 3.63) is 0 Å². The second-order valence-corrected chi connectivity index (χ2v) is 4.15. The van der Waals surface area contributed by atoms with Crippen LogP contribution in [-0.2, 0) is 4.79 Å². The molecule has 0 bridgehead atoms. The highest BCUT2D eigenvalue weighted by atomic mass is 16.1. The molecule has 0 saturated carbocycles. The average Bonchev–Trinajstić information content (AvgIpc) is 2.15. The van der Waals surface area contributed by atoms with E-state index in [4.69, 9.17) is 0 Å². The van der Waals surface area contributed by atoms with Gasteiger partial charge in [-0.1, -0.05) is 0 Å². The van der Waals surface area contributed by atoms with E-state index in [1.807, 2.05) is 13.8 Å². The minimum absolute atomic E-state index is 0.0885. The number of nitrogens with one attached hydrogen (secondary N) is 3. The molecule has 1 unspecified atom stereocenters. The molecule has 0 radical (unpaired) electrons. The normalized spacial score (nSPS) is 22.4. The molecule has 1 heterocycles. The summed E-state index contributed by atoms with van der Waals surface area (Å²) in [5.74, 6) is 0.0885. The lowest BCUT2D eigenvalue weighted by Gasteiger charge is -2.23. The van der Waals surface area contributed by atoms with Gasteiger partial charge >= 0.3 is 0 Å². The molecule has 1 atom stereocenters. The Hall–Kier alpha value is -0.610. The lowest BCUT2D eigenvalue weighted by Crippen LogP contribution is -2.47. The molecule has 1 amide bonds.